The van der Waals surface area contributed by atoms with E-state index in [2.05, 4.69) is 0 Å². The number of rotatable bonds is 2. The fraction of sp³-hybridized carbons (Fsp3) is 0.500. The third-order valence-corrected chi connectivity index (χ3v) is 4.12. The standard InChI is InChI=1S/C14H18Cl2N2O/c1-8(2)13(17)14(19)18-4-3-11-9(7-18)5-10(15)6-12(11)16/h5-6,8,13H,3-4,7,17H2,1-2H3/t13-/m0/s1. The van der Waals surface area contributed by atoms with Gasteiger partial charge in [0.25, 0.3) is 0 Å². The smallest absolute Gasteiger partial charge is 0.240 e. The first-order valence-electron chi connectivity index (χ1n) is 6.41. The van der Waals surface area contributed by atoms with E-state index in [1.165, 1.54) is 0 Å². The summed E-state index contributed by atoms with van der Waals surface area (Å²) in [5.41, 5.74) is 8.04. The predicted molar refractivity (Wildman–Crippen MR) is 78.4 cm³/mol. The van der Waals surface area contributed by atoms with Gasteiger partial charge in [-0.25, -0.2) is 0 Å². The quantitative estimate of drug-likeness (QED) is 0.913. The molecule has 2 rings (SSSR count). The van der Waals surface area contributed by atoms with Crippen molar-refractivity contribution in [3.05, 3.63) is 33.3 Å². The molecule has 104 valence electrons. The van der Waals surface area contributed by atoms with E-state index in [0.29, 0.717) is 23.1 Å². The highest BCUT2D eigenvalue weighted by Gasteiger charge is 2.27. The number of benzene rings is 1. The third kappa shape index (κ3) is 3.04. The Morgan fingerprint density at radius 3 is 2.68 bits per heavy atom. The van der Waals surface area contributed by atoms with E-state index in [1.54, 1.807) is 11.0 Å². The molecule has 1 amide bonds. The summed E-state index contributed by atoms with van der Waals surface area (Å²) < 4.78 is 0. The third-order valence-electron chi connectivity index (χ3n) is 3.56. The topological polar surface area (TPSA) is 46.3 Å². The zero-order valence-corrected chi connectivity index (χ0v) is 12.6. The molecule has 1 aromatic rings. The number of halogens is 2. The lowest BCUT2D eigenvalue weighted by Crippen LogP contribution is -2.48. The first-order valence-corrected chi connectivity index (χ1v) is 7.17. The molecule has 5 heteroatoms. The number of carbonyl (C=O) groups is 1. The van der Waals surface area contributed by atoms with Crippen LogP contribution in [0.5, 0.6) is 0 Å². The summed E-state index contributed by atoms with van der Waals surface area (Å²) in [6.45, 7) is 5.10. The van der Waals surface area contributed by atoms with Crippen LogP contribution in [-0.2, 0) is 17.8 Å². The average Bonchev–Trinajstić information content (AvgIpc) is 2.35. The zero-order valence-electron chi connectivity index (χ0n) is 11.1. The molecule has 0 unspecified atom stereocenters. The highest BCUT2D eigenvalue weighted by Crippen LogP contribution is 2.30. The van der Waals surface area contributed by atoms with Crippen LogP contribution >= 0.6 is 23.2 Å². The summed E-state index contributed by atoms with van der Waals surface area (Å²) in [5, 5.41) is 1.29. The van der Waals surface area contributed by atoms with E-state index in [-0.39, 0.29) is 11.8 Å². The van der Waals surface area contributed by atoms with Crippen molar-refractivity contribution in [2.75, 3.05) is 6.54 Å². The molecule has 0 saturated heterocycles. The maximum Gasteiger partial charge on any atom is 0.240 e. The van der Waals surface area contributed by atoms with Crippen molar-refractivity contribution in [2.24, 2.45) is 11.7 Å². The van der Waals surface area contributed by atoms with Gasteiger partial charge in [0.05, 0.1) is 6.04 Å². The van der Waals surface area contributed by atoms with E-state index in [0.717, 1.165) is 17.5 Å². The van der Waals surface area contributed by atoms with Gasteiger partial charge in [-0.15, -0.1) is 0 Å². The fourth-order valence-electron chi connectivity index (χ4n) is 2.29. The Bertz CT molecular complexity index is 502. The van der Waals surface area contributed by atoms with Gasteiger partial charge in [0.15, 0.2) is 0 Å². The van der Waals surface area contributed by atoms with Gasteiger partial charge in [-0.1, -0.05) is 37.0 Å². The van der Waals surface area contributed by atoms with Gasteiger partial charge < -0.3 is 10.6 Å². The lowest BCUT2D eigenvalue weighted by Gasteiger charge is -2.32. The number of hydrogen-bond donors (Lipinski definition) is 1. The summed E-state index contributed by atoms with van der Waals surface area (Å²) in [4.78, 5) is 14.0. The molecule has 1 atom stereocenters. The van der Waals surface area contributed by atoms with Gasteiger partial charge in [0.2, 0.25) is 5.91 Å². The number of hydrogen-bond acceptors (Lipinski definition) is 2. The molecule has 2 N–H and O–H groups in total. The van der Waals surface area contributed by atoms with Crippen molar-refractivity contribution in [2.45, 2.75) is 32.9 Å². The minimum atomic E-state index is -0.448. The van der Waals surface area contributed by atoms with Crippen molar-refractivity contribution in [1.82, 2.24) is 4.90 Å². The van der Waals surface area contributed by atoms with Gasteiger partial charge in [-0.2, -0.15) is 0 Å². The number of fused-ring (bicyclic) bond motifs is 1. The lowest BCUT2D eigenvalue weighted by molar-refractivity contribution is -0.134. The highest BCUT2D eigenvalue weighted by molar-refractivity contribution is 6.35. The molecule has 1 aliphatic rings. The lowest BCUT2D eigenvalue weighted by atomic mass is 9.97. The van der Waals surface area contributed by atoms with Gasteiger partial charge in [-0.05, 0) is 35.6 Å². The summed E-state index contributed by atoms with van der Waals surface area (Å²) in [7, 11) is 0. The average molecular weight is 301 g/mol. The number of nitrogens with two attached hydrogens (primary N) is 1. The molecule has 19 heavy (non-hydrogen) atoms. The molecule has 1 heterocycles. The Labute approximate surface area is 123 Å². The number of amides is 1. The summed E-state index contributed by atoms with van der Waals surface area (Å²) in [6.07, 6.45) is 0.752. The Morgan fingerprint density at radius 1 is 1.37 bits per heavy atom. The Balaban J connectivity index is 2.20. The van der Waals surface area contributed by atoms with Crippen molar-refractivity contribution in [1.29, 1.82) is 0 Å². The van der Waals surface area contributed by atoms with Crippen LogP contribution in [0.2, 0.25) is 10.0 Å². The van der Waals surface area contributed by atoms with Crippen LogP contribution in [0.3, 0.4) is 0 Å². The van der Waals surface area contributed by atoms with Crippen LogP contribution in [0.4, 0.5) is 0 Å². The molecule has 0 saturated carbocycles. The summed E-state index contributed by atoms with van der Waals surface area (Å²) >= 11 is 12.2. The molecule has 0 spiro atoms. The van der Waals surface area contributed by atoms with Crippen LogP contribution in [0.1, 0.15) is 25.0 Å². The minimum Gasteiger partial charge on any atom is -0.337 e. The Morgan fingerprint density at radius 2 is 2.05 bits per heavy atom. The molecule has 0 fully saturated rings. The molecule has 1 aliphatic heterocycles. The second-order valence-corrected chi connectivity index (χ2v) is 6.15. The maximum atomic E-state index is 12.3. The first kappa shape index (κ1) is 14.6. The van der Waals surface area contributed by atoms with Crippen molar-refractivity contribution in [3.63, 3.8) is 0 Å². The molecule has 1 aromatic carbocycles. The van der Waals surface area contributed by atoms with Crippen LogP contribution in [-0.4, -0.2) is 23.4 Å². The normalized spacial score (nSPS) is 16.4. The molecule has 0 bridgehead atoms. The largest absolute Gasteiger partial charge is 0.337 e. The zero-order chi connectivity index (χ0) is 14.2. The first-order chi connectivity index (χ1) is 8.90. The monoisotopic (exact) mass is 300 g/mol. The van der Waals surface area contributed by atoms with Crippen LogP contribution < -0.4 is 5.73 Å². The Kier molecular flexibility index (Phi) is 4.39. The van der Waals surface area contributed by atoms with Crippen molar-refractivity contribution < 1.29 is 4.79 Å². The van der Waals surface area contributed by atoms with Gasteiger partial charge in [0.1, 0.15) is 0 Å². The van der Waals surface area contributed by atoms with Crippen molar-refractivity contribution >= 4 is 29.1 Å². The van der Waals surface area contributed by atoms with Crippen LogP contribution in [0.25, 0.3) is 0 Å². The molecule has 0 aromatic heterocycles. The molecule has 3 nitrogen and oxygen atoms in total. The second kappa shape index (κ2) is 5.70. The Hall–Kier alpha value is -0.770. The maximum absolute atomic E-state index is 12.3. The number of nitrogens with zero attached hydrogens (tertiary/aromatic N) is 1. The van der Waals surface area contributed by atoms with E-state index in [1.807, 2.05) is 19.9 Å². The van der Waals surface area contributed by atoms with Crippen LogP contribution in [0.15, 0.2) is 12.1 Å². The summed E-state index contributed by atoms with van der Waals surface area (Å²) in [5.74, 6) is 0.133. The van der Waals surface area contributed by atoms with E-state index >= 15 is 0 Å². The predicted octanol–water partition coefficient (Wildman–Crippen LogP) is 2.86. The molecular weight excluding hydrogens is 283 g/mol. The summed E-state index contributed by atoms with van der Waals surface area (Å²) in [6, 6.07) is 3.18. The highest BCUT2D eigenvalue weighted by atomic mass is 35.5. The SMILES string of the molecule is CC(C)[C@H](N)C(=O)N1CCc2c(Cl)cc(Cl)cc2C1. The molecule has 0 radical (unpaired) electrons. The fourth-order valence-corrected chi connectivity index (χ4v) is 2.92. The number of carbonyl (C=O) groups excluding carboxylic acids is 1. The van der Waals surface area contributed by atoms with Gasteiger partial charge in [-0.3, -0.25) is 4.79 Å². The van der Waals surface area contributed by atoms with E-state index in [9.17, 15) is 4.79 Å². The van der Waals surface area contributed by atoms with Gasteiger partial charge in [0, 0.05) is 23.1 Å². The molecular formula is C14H18Cl2N2O. The van der Waals surface area contributed by atoms with Crippen molar-refractivity contribution in [3.8, 4) is 0 Å². The van der Waals surface area contributed by atoms with Gasteiger partial charge >= 0.3 is 0 Å². The second-order valence-electron chi connectivity index (χ2n) is 5.30. The molecule has 0 aliphatic carbocycles. The van der Waals surface area contributed by atoms with E-state index < -0.39 is 6.04 Å². The minimum absolute atomic E-state index is 0.00301. The van der Waals surface area contributed by atoms with E-state index in [4.69, 9.17) is 28.9 Å². The van der Waals surface area contributed by atoms with Crippen LogP contribution in [0, 0.1) is 5.92 Å².